The number of hydrogen-bond acceptors (Lipinski definition) is 3. The Morgan fingerprint density at radius 2 is 2.22 bits per heavy atom. The second kappa shape index (κ2) is 5.65. The highest BCUT2D eigenvalue weighted by atomic mass is 16.5. The van der Waals surface area contributed by atoms with Crippen molar-refractivity contribution in [2.24, 2.45) is 5.92 Å². The molecule has 1 aliphatic heterocycles. The van der Waals surface area contributed by atoms with E-state index < -0.39 is 0 Å². The number of carbonyl (C=O) groups is 1. The first-order chi connectivity index (χ1) is 8.70. The van der Waals surface area contributed by atoms with Crippen LogP contribution in [0.2, 0.25) is 0 Å². The van der Waals surface area contributed by atoms with E-state index in [0.29, 0.717) is 18.7 Å². The number of benzene rings is 1. The van der Waals surface area contributed by atoms with Crippen LogP contribution in [0, 0.1) is 17.2 Å². The lowest BCUT2D eigenvalue weighted by atomic mass is 10.0. The van der Waals surface area contributed by atoms with Crippen molar-refractivity contribution < 1.29 is 9.53 Å². The molecule has 1 aliphatic rings. The Morgan fingerprint density at radius 1 is 1.50 bits per heavy atom. The van der Waals surface area contributed by atoms with E-state index in [1.807, 2.05) is 19.1 Å². The van der Waals surface area contributed by atoms with Gasteiger partial charge in [-0.1, -0.05) is 12.1 Å². The van der Waals surface area contributed by atoms with Crippen LogP contribution in [0.4, 0.5) is 0 Å². The molecular formula is C14H16N2O2. The van der Waals surface area contributed by atoms with Crippen molar-refractivity contribution in [3.05, 3.63) is 35.4 Å². The Bertz CT molecular complexity index is 462. The van der Waals surface area contributed by atoms with Crippen LogP contribution in [0.5, 0.6) is 0 Å². The molecule has 1 heterocycles. The largest absolute Gasteiger partial charge is 0.378 e. The smallest absolute Gasteiger partial charge is 0.226 e. The van der Waals surface area contributed by atoms with Crippen LogP contribution in [-0.2, 0) is 16.1 Å². The molecule has 2 unspecified atom stereocenters. The highest BCUT2D eigenvalue weighted by Crippen LogP contribution is 2.20. The minimum Gasteiger partial charge on any atom is -0.378 e. The maximum Gasteiger partial charge on any atom is 0.226 e. The van der Waals surface area contributed by atoms with E-state index in [9.17, 15) is 4.79 Å². The van der Waals surface area contributed by atoms with Crippen molar-refractivity contribution in [3.8, 4) is 6.07 Å². The summed E-state index contributed by atoms with van der Waals surface area (Å²) in [4.78, 5) is 11.9. The lowest BCUT2D eigenvalue weighted by Gasteiger charge is -2.14. The third kappa shape index (κ3) is 2.88. The third-order valence-corrected chi connectivity index (χ3v) is 3.26. The van der Waals surface area contributed by atoms with Crippen molar-refractivity contribution in [1.29, 1.82) is 5.26 Å². The molecule has 4 heteroatoms. The summed E-state index contributed by atoms with van der Waals surface area (Å²) >= 11 is 0. The zero-order chi connectivity index (χ0) is 13.0. The Labute approximate surface area is 107 Å². The molecule has 2 atom stereocenters. The molecule has 0 bridgehead atoms. The summed E-state index contributed by atoms with van der Waals surface area (Å²) in [5.74, 6) is 0.00717. The highest BCUT2D eigenvalue weighted by Gasteiger charge is 2.30. The molecule has 18 heavy (non-hydrogen) atoms. The van der Waals surface area contributed by atoms with Gasteiger partial charge >= 0.3 is 0 Å². The molecule has 1 aromatic rings. The van der Waals surface area contributed by atoms with Gasteiger partial charge in [0.1, 0.15) is 0 Å². The molecule has 1 amide bonds. The number of carbonyl (C=O) groups excluding carboxylic acids is 1. The first kappa shape index (κ1) is 12.6. The number of nitriles is 1. The zero-order valence-corrected chi connectivity index (χ0v) is 10.3. The Kier molecular flexibility index (Phi) is 3.96. The Hall–Kier alpha value is -1.86. The van der Waals surface area contributed by atoms with Gasteiger partial charge in [0, 0.05) is 13.2 Å². The summed E-state index contributed by atoms with van der Waals surface area (Å²) in [7, 11) is 0. The van der Waals surface area contributed by atoms with Gasteiger partial charge in [0.15, 0.2) is 0 Å². The number of ether oxygens (including phenoxy) is 1. The maximum atomic E-state index is 11.9. The van der Waals surface area contributed by atoms with Crippen molar-refractivity contribution in [2.45, 2.75) is 26.0 Å². The average Bonchev–Trinajstić information content (AvgIpc) is 2.83. The van der Waals surface area contributed by atoms with Gasteiger partial charge in [0.25, 0.3) is 0 Å². The molecule has 1 aromatic carbocycles. The quantitative estimate of drug-likeness (QED) is 0.878. The van der Waals surface area contributed by atoms with E-state index in [0.717, 1.165) is 12.0 Å². The molecule has 1 N–H and O–H groups in total. The fourth-order valence-corrected chi connectivity index (χ4v) is 2.09. The van der Waals surface area contributed by atoms with Gasteiger partial charge in [0.2, 0.25) is 5.91 Å². The van der Waals surface area contributed by atoms with Gasteiger partial charge in [-0.25, -0.2) is 0 Å². The van der Waals surface area contributed by atoms with E-state index in [2.05, 4.69) is 11.4 Å². The van der Waals surface area contributed by atoms with Crippen LogP contribution in [0.3, 0.4) is 0 Å². The van der Waals surface area contributed by atoms with E-state index in [1.54, 1.807) is 12.1 Å². The minimum absolute atomic E-state index is 0.00552. The number of hydrogen-bond donors (Lipinski definition) is 1. The molecule has 0 spiro atoms. The normalized spacial score (nSPS) is 22.4. The van der Waals surface area contributed by atoms with Gasteiger partial charge in [-0.3, -0.25) is 4.79 Å². The van der Waals surface area contributed by atoms with Crippen molar-refractivity contribution in [2.75, 3.05) is 6.61 Å². The lowest BCUT2D eigenvalue weighted by Crippen LogP contribution is -2.33. The van der Waals surface area contributed by atoms with Gasteiger partial charge < -0.3 is 10.1 Å². The average molecular weight is 244 g/mol. The summed E-state index contributed by atoms with van der Waals surface area (Å²) in [6.07, 6.45) is 0.798. The SMILES string of the molecule is CC1OCCC1C(=O)NCc1ccc(C#N)cc1. The summed E-state index contributed by atoms with van der Waals surface area (Å²) in [6.45, 7) is 3.09. The van der Waals surface area contributed by atoms with Gasteiger partial charge in [-0.15, -0.1) is 0 Å². The predicted octanol–water partition coefficient (Wildman–Crippen LogP) is 1.60. The standard InChI is InChI=1S/C14H16N2O2/c1-10-13(6-7-18-10)14(17)16-9-12-4-2-11(8-15)3-5-12/h2-5,10,13H,6-7,9H2,1H3,(H,16,17). The lowest BCUT2D eigenvalue weighted by molar-refractivity contribution is -0.126. The number of nitrogens with zero attached hydrogens (tertiary/aromatic N) is 1. The Balaban J connectivity index is 1.87. The van der Waals surface area contributed by atoms with Crippen LogP contribution < -0.4 is 5.32 Å². The molecule has 94 valence electrons. The van der Waals surface area contributed by atoms with Gasteiger partial charge in [0.05, 0.1) is 23.7 Å². The maximum absolute atomic E-state index is 11.9. The molecule has 0 saturated carbocycles. The van der Waals surface area contributed by atoms with E-state index in [4.69, 9.17) is 10.00 Å². The monoisotopic (exact) mass is 244 g/mol. The summed E-state index contributed by atoms with van der Waals surface area (Å²) < 4.78 is 5.37. The second-order valence-electron chi connectivity index (χ2n) is 4.50. The fourth-order valence-electron chi connectivity index (χ4n) is 2.09. The Morgan fingerprint density at radius 3 is 2.78 bits per heavy atom. The van der Waals surface area contributed by atoms with Crippen molar-refractivity contribution >= 4 is 5.91 Å². The van der Waals surface area contributed by atoms with Crippen molar-refractivity contribution in [1.82, 2.24) is 5.32 Å². The van der Waals surface area contributed by atoms with Crippen molar-refractivity contribution in [3.63, 3.8) is 0 Å². The fraction of sp³-hybridized carbons (Fsp3) is 0.429. The molecule has 4 nitrogen and oxygen atoms in total. The molecule has 0 radical (unpaired) electrons. The molecular weight excluding hydrogens is 228 g/mol. The van der Waals surface area contributed by atoms with E-state index >= 15 is 0 Å². The molecule has 0 aromatic heterocycles. The van der Waals surface area contributed by atoms with Crippen LogP contribution in [0.15, 0.2) is 24.3 Å². The predicted molar refractivity (Wildman–Crippen MR) is 66.5 cm³/mol. The summed E-state index contributed by atoms with van der Waals surface area (Å²) in [6, 6.07) is 9.28. The summed E-state index contributed by atoms with van der Waals surface area (Å²) in [5, 5.41) is 11.6. The highest BCUT2D eigenvalue weighted by molar-refractivity contribution is 5.79. The number of rotatable bonds is 3. The zero-order valence-electron chi connectivity index (χ0n) is 10.3. The number of nitrogens with one attached hydrogen (secondary N) is 1. The molecule has 1 saturated heterocycles. The van der Waals surface area contributed by atoms with Gasteiger partial charge in [-0.05, 0) is 31.0 Å². The molecule has 2 rings (SSSR count). The third-order valence-electron chi connectivity index (χ3n) is 3.26. The first-order valence-electron chi connectivity index (χ1n) is 6.09. The minimum atomic E-state index is -0.0385. The van der Waals surface area contributed by atoms with Crippen LogP contribution in [0.1, 0.15) is 24.5 Å². The first-order valence-corrected chi connectivity index (χ1v) is 6.09. The molecule has 1 fully saturated rings. The van der Waals surface area contributed by atoms with Gasteiger partial charge in [-0.2, -0.15) is 5.26 Å². The van der Waals surface area contributed by atoms with E-state index in [1.165, 1.54) is 0 Å². The summed E-state index contributed by atoms with van der Waals surface area (Å²) in [5.41, 5.74) is 1.62. The van der Waals surface area contributed by atoms with Crippen LogP contribution in [-0.4, -0.2) is 18.6 Å². The topological polar surface area (TPSA) is 62.1 Å². The van der Waals surface area contributed by atoms with E-state index in [-0.39, 0.29) is 17.9 Å². The van der Waals surface area contributed by atoms with Crippen LogP contribution >= 0.6 is 0 Å². The number of amides is 1. The molecule has 0 aliphatic carbocycles. The van der Waals surface area contributed by atoms with Crippen LogP contribution in [0.25, 0.3) is 0 Å². The second-order valence-corrected chi connectivity index (χ2v) is 4.50.